The molecule has 0 atom stereocenters. The van der Waals surface area contributed by atoms with Crippen LogP contribution in [0.2, 0.25) is 0 Å². The second kappa shape index (κ2) is 5.77. The van der Waals surface area contributed by atoms with Crippen molar-refractivity contribution in [2.45, 2.75) is 27.3 Å². The van der Waals surface area contributed by atoms with Gasteiger partial charge >= 0.3 is 0 Å². The van der Waals surface area contributed by atoms with E-state index in [-0.39, 0.29) is 5.91 Å². The molecule has 1 aromatic carbocycles. The fraction of sp³-hybridized carbons (Fsp3) is 0.333. The molecule has 0 aliphatic rings. The summed E-state index contributed by atoms with van der Waals surface area (Å²) in [5.41, 5.74) is 5.95. The molecule has 5 nitrogen and oxygen atoms in total. The first-order chi connectivity index (χ1) is 9.52. The Morgan fingerprint density at radius 2 is 2.05 bits per heavy atom. The van der Waals surface area contributed by atoms with Crippen LogP contribution in [0.5, 0.6) is 0 Å². The number of amides is 1. The van der Waals surface area contributed by atoms with Crippen LogP contribution >= 0.6 is 0 Å². The maximum absolute atomic E-state index is 11.7. The lowest BCUT2D eigenvalue weighted by molar-refractivity contribution is 0.0963. The standard InChI is InChI=1S/C15H20N4O/c1-9-5-6-12(15(20)16-4)7-14(9)17-8-13-10(2)18-19-11(13)3/h5-7,17H,8H2,1-4H3,(H,16,20)(H,18,19). The fourth-order valence-corrected chi connectivity index (χ4v) is 2.12. The Hall–Kier alpha value is -2.30. The van der Waals surface area contributed by atoms with Gasteiger partial charge in [-0.15, -0.1) is 0 Å². The molecule has 0 aliphatic carbocycles. The molecule has 1 heterocycles. The Morgan fingerprint density at radius 3 is 2.65 bits per heavy atom. The van der Waals surface area contributed by atoms with Crippen LogP contribution in [0, 0.1) is 20.8 Å². The number of aryl methyl sites for hydroxylation is 3. The number of hydrogen-bond donors (Lipinski definition) is 3. The lowest BCUT2D eigenvalue weighted by Gasteiger charge is -2.11. The van der Waals surface area contributed by atoms with Gasteiger partial charge < -0.3 is 10.6 Å². The quantitative estimate of drug-likeness (QED) is 0.800. The lowest BCUT2D eigenvalue weighted by Crippen LogP contribution is -2.18. The Balaban J connectivity index is 2.19. The molecule has 5 heteroatoms. The summed E-state index contributed by atoms with van der Waals surface area (Å²) in [5.74, 6) is -0.0799. The predicted octanol–water partition coefficient (Wildman–Crippen LogP) is 2.31. The summed E-state index contributed by atoms with van der Waals surface area (Å²) in [7, 11) is 1.63. The zero-order valence-corrected chi connectivity index (χ0v) is 12.3. The van der Waals surface area contributed by atoms with E-state index in [9.17, 15) is 4.79 Å². The van der Waals surface area contributed by atoms with Crippen LogP contribution < -0.4 is 10.6 Å². The third-order valence-electron chi connectivity index (χ3n) is 3.46. The van der Waals surface area contributed by atoms with Gasteiger partial charge in [-0.3, -0.25) is 9.89 Å². The molecule has 0 aliphatic heterocycles. The summed E-state index contributed by atoms with van der Waals surface area (Å²) in [4.78, 5) is 11.7. The minimum atomic E-state index is -0.0799. The summed E-state index contributed by atoms with van der Waals surface area (Å²) in [6, 6.07) is 5.65. The van der Waals surface area contributed by atoms with Crippen LogP contribution in [0.1, 0.15) is 32.9 Å². The van der Waals surface area contributed by atoms with Crippen molar-refractivity contribution >= 4 is 11.6 Å². The highest BCUT2D eigenvalue weighted by molar-refractivity contribution is 5.95. The van der Waals surface area contributed by atoms with E-state index in [4.69, 9.17) is 0 Å². The molecule has 1 aromatic heterocycles. The van der Waals surface area contributed by atoms with Crippen molar-refractivity contribution in [1.29, 1.82) is 0 Å². The molecule has 0 fully saturated rings. The highest BCUT2D eigenvalue weighted by Crippen LogP contribution is 2.19. The smallest absolute Gasteiger partial charge is 0.251 e. The molecule has 0 saturated carbocycles. The van der Waals surface area contributed by atoms with Crippen molar-refractivity contribution in [3.05, 3.63) is 46.3 Å². The van der Waals surface area contributed by atoms with Gasteiger partial charge in [-0.1, -0.05) is 6.07 Å². The van der Waals surface area contributed by atoms with Crippen molar-refractivity contribution in [3.63, 3.8) is 0 Å². The minimum Gasteiger partial charge on any atom is -0.381 e. The summed E-state index contributed by atoms with van der Waals surface area (Å²) in [5, 5.41) is 13.2. The average Bonchev–Trinajstić information content (AvgIpc) is 2.76. The van der Waals surface area contributed by atoms with Crippen LogP contribution in [0.25, 0.3) is 0 Å². The van der Waals surface area contributed by atoms with Crippen molar-refractivity contribution < 1.29 is 4.79 Å². The number of H-pyrrole nitrogens is 1. The van der Waals surface area contributed by atoms with E-state index < -0.39 is 0 Å². The Kier molecular flexibility index (Phi) is 4.08. The van der Waals surface area contributed by atoms with Crippen molar-refractivity contribution in [2.75, 3.05) is 12.4 Å². The van der Waals surface area contributed by atoms with E-state index >= 15 is 0 Å². The van der Waals surface area contributed by atoms with Gasteiger partial charge in [-0.05, 0) is 38.5 Å². The van der Waals surface area contributed by atoms with Crippen molar-refractivity contribution in [2.24, 2.45) is 0 Å². The highest BCUT2D eigenvalue weighted by atomic mass is 16.1. The first kappa shape index (κ1) is 14.1. The molecule has 0 saturated heterocycles. The van der Waals surface area contributed by atoms with Crippen LogP contribution in [0.4, 0.5) is 5.69 Å². The number of anilines is 1. The van der Waals surface area contributed by atoms with Crippen LogP contribution in [-0.4, -0.2) is 23.2 Å². The average molecular weight is 272 g/mol. The van der Waals surface area contributed by atoms with E-state index in [0.29, 0.717) is 12.1 Å². The van der Waals surface area contributed by atoms with Gasteiger partial charge in [-0.2, -0.15) is 5.10 Å². The highest BCUT2D eigenvalue weighted by Gasteiger charge is 2.09. The molecule has 0 bridgehead atoms. The summed E-state index contributed by atoms with van der Waals surface area (Å²) >= 11 is 0. The van der Waals surface area contributed by atoms with Gasteiger partial charge in [0.25, 0.3) is 5.91 Å². The summed E-state index contributed by atoms with van der Waals surface area (Å²) in [6.45, 7) is 6.69. The zero-order valence-electron chi connectivity index (χ0n) is 12.3. The summed E-state index contributed by atoms with van der Waals surface area (Å²) in [6.07, 6.45) is 0. The molecule has 0 radical (unpaired) electrons. The number of nitrogens with one attached hydrogen (secondary N) is 3. The molecule has 1 amide bonds. The Bertz CT molecular complexity index is 611. The maximum atomic E-state index is 11.7. The SMILES string of the molecule is CNC(=O)c1ccc(C)c(NCc2c(C)n[nH]c2C)c1. The molecule has 106 valence electrons. The molecule has 2 rings (SSSR count). The Labute approximate surface area is 118 Å². The minimum absolute atomic E-state index is 0.0799. The van der Waals surface area contributed by atoms with Gasteiger partial charge in [0.1, 0.15) is 0 Å². The monoisotopic (exact) mass is 272 g/mol. The van der Waals surface area contributed by atoms with E-state index in [1.807, 2.05) is 39.0 Å². The number of benzene rings is 1. The molecular weight excluding hydrogens is 252 g/mol. The van der Waals surface area contributed by atoms with Gasteiger partial charge in [0.2, 0.25) is 0 Å². The van der Waals surface area contributed by atoms with Gasteiger partial charge in [0, 0.05) is 36.1 Å². The first-order valence-corrected chi connectivity index (χ1v) is 6.60. The second-order valence-corrected chi connectivity index (χ2v) is 4.87. The van der Waals surface area contributed by atoms with Crippen molar-refractivity contribution in [1.82, 2.24) is 15.5 Å². The van der Waals surface area contributed by atoms with Gasteiger partial charge in [0.05, 0.1) is 5.69 Å². The van der Waals surface area contributed by atoms with Crippen LogP contribution in [0.15, 0.2) is 18.2 Å². The van der Waals surface area contributed by atoms with Gasteiger partial charge in [0.15, 0.2) is 0 Å². The van der Waals surface area contributed by atoms with E-state index in [2.05, 4.69) is 20.8 Å². The zero-order chi connectivity index (χ0) is 14.7. The number of carbonyl (C=O) groups is 1. The molecule has 0 unspecified atom stereocenters. The lowest BCUT2D eigenvalue weighted by atomic mass is 10.1. The van der Waals surface area contributed by atoms with Gasteiger partial charge in [-0.25, -0.2) is 0 Å². The summed E-state index contributed by atoms with van der Waals surface area (Å²) < 4.78 is 0. The van der Waals surface area contributed by atoms with E-state index in [1.54, 1.807) is 7.05 Å². The van der Waals surface area contributed by atoms with E-state index in [0.717, 1.165) is 28.2 Å². The number of nitrogens with zero attached hydrogens (tertiary/aromatic N) is 1. The largest absolute Gasteiger partial charge is 0.381 e. The van der Waals surface area contributed by atoms with Crippen LogP contribution in [-0.2, 0) is 6.54 Å². The number of hydrogen-bond acceptors (Lipinski definition) is 3. The third-order valence-corrected chi connectivity index (χ3v) is 3.46. The first-order valence-electron chi connectivity index (χ1n) is 6.60. The predicted molar refractivity (Wildman–Crippen MR) is 80.0 cm³/mol. The maximum Gasteiger partial charge on any atom is 0.251 e. The fourth-order valence-electron chi connectivity index (χ4n) is 2.12. The number of rotatable bonds is 4. The van der Waals surface area contributed by atoms with Crippen LogP contribution in [0.3, 0.4) is 0 Å². The molecule has 20 heavy (non-hydrogen) atoms. The normalized spacial score (nSPS) is 10.4. The molecule has 3 N–H and O–H groups in total. The number of carbonyl (C=O) groups excluding carboxylic acids is 1. The topological polar surface area (TPSA) is 69.8 Å². The van der Waals surface area contributed by atoms with Crippen molar-refractivity contribution in [3.8, 4) is 0 Å². The Morgan fingerprint density at radius 1 is 1.30 bits per heavy atom. The number of aromatic nitrogens is 2. The second-order valence-electron chi connectivity index (χ2n) is 4.87. The molecule has 0 spiro atoms. The molecular formula is C15H20N4O. The van der Waals surface area contributed by atoms with E-state index in [1.165, 1.54) is 0 Å². The third kappa shape index (κ3) is 2.82. The number of aromatic amines is 1. The molecule has 2 aromatic rings.